The Morgan fingerprint density at radius 1 is 1.05 bits per heavy atom. The molecule has 0 aromatic rings. The van der Waals surface area contributed by atoms with E-state index in [9.17, 15) is 4.79 Å². The maximum Gasteiger partial charge on any atom is 0.220 e. The second-order valence-corrected chi connectivity index (χ2v) is 5.65. The molecule has 4 heteroatoms. The molecule has 0 saturated heterocycles. The molecule has 0 aliphatic carbocycles. The fraction of sp³-hybridized carbons (Fsp3) is 0.938. The molecule has 0 aliphatic heterocycles. The summed E-state index contributed by atoms with van der Waals surface area (Å²) in [5.41, 5.74) is 5.70. The van der Waals surface area contributed by atoms with Crippen molar-refractivity contribution in [1.82, 2.24) is 5.32 Å². The molecule has 0 saturated carbocycles. The van der Waals surface area contributed by atoms with Gasteiger partial charge >= 0.3 is 0 Å². The third kappa shape index (κ3) is 13.8. The summed E-state index contributed by atoms with van der Waals surface area (Å²) in [6.07, 6.45) is 12.5. The molecule has 0 heterocycles. The van der Waals surface area contributed by atoms with Crippen molar-refractivity contribution in [3.63, 3.8) is 0 Å². The second-order valence-electron chi connectivity index (χ2n) is 5.65. The molecule has 4 N–H and O–H groups in total. The maximum absolute atomic E-state index is 11.5. The first-order valence-corrected chi connectivity index (χ1v) is 8.33. The van der Waals surface area contributed by atoms with Crippen LogP contribution in [0.1, 0.15) is 77.6 Å². The monoisotopic (exact) mass is 286 g/mol. The van der Waals surface area contributed by atoms with Gasteiger partial charge in [-0.05, 0) is 12.8 Å². The van der Waals surface area contributed by atoms with Crippen molar-refractivity contribution < 1.29 is 9.90 Å². The molecule has 0 aromatic heterocycles. The molecule has 0 radical (unpaired) electrons. The van der Waals surface area contributed by atoms with E-state index in [1.165, 1.54) is 44.9 Å². The van der Waals surface area contributed by atoms with Crippen LogP contribution >= 0.6 is 0 Å². The molecule has 0 spiro atoms. The van der Waals surface area contributed by atoms with E-state index in [1.807, 2.05) is 0 Å². The standard InChI is InChI=1S/C16H34N2O2/c1-2-3-4-5-6-7-8-9-10-11-16(20)18-14-15(17)12-13-19/h15,19H,2-14,17H2,1H3,(H,18,20). The van der Waals surface area contributed by atoms with Crippen LogP contribution in [0, 0.1) is 0 Å². The van der Waals surface area contributed by atoms with E-state index in [1.54, 1.807) is 0 Å². The minimum atomic E-state index is -0.132. The molecule has 0 aromatic carbocycles. The Morgan fingerprint density at radius 2 is 1.60 bits per heavy atom. The third-order valence-electron chi connectivity index (χ3n) is 3.57. The summed E-state index contributed by atoms with van der Waals surface area (Å²) >= 11 is 0. The highest BCUT2D eigenvalue weighted by Gasteiger charge is 2.05. The number of nitrogens with two attached hydrogens (primary N) is 1. The van der Waals surface area contributed by atoms with Gasteiger partial charge in [0.2, 0.25) is 5.91 Å². The number of hydrogen-bond donors (Lipinski definition) is 3. The Kier molecular flexibility index (Phi) is 14.3. The molecular weight excluding hydrogens is 252 g/mol. The minimum absolute atomic E-state index is 0.0787. The van der Waals surface area contributed by atoms with Crippen LogP contribution in [-0.2, 0) is 4.79 Å². The van der Waals surface area contributed by atoms with Gasteiger partial charge in [0, 0.05) is 25.6 Å². The predicted molar refractivity (Wildman–Crippen MR) is 84.5 cm³/mol. The molecule has 1 unspecified atom stereocenters. The third-order valence-corrected chi connectivity index (χ3v) is 3.57. The topological polar surface area (TPSA) is 75.4 Å². The lowest BCUT2D eigenvalue weighted by Crippen LogP contribution is -2.37. The van der Waals surface area contributed by atoms with Gasteiger partial charge in [0.15, 0.2) is 0 Å². The number of carbonyl (C=O) groups excluding carboxylic acids is 1. The van der Waals surface area contributed by atoms with Gasteiger partial charge in [-0.15, -0.1) is 0 Å². The fourth-order valence-electron chi connectivity index (χ4n) is 2.20. The average Bonchev–Trinajstić information content (AvgIpc) is 2.43. The molecule has 1 atom stereocenters. The van der Waals surface area contributed by atoms with Crippen LogP contribution in [0.3, 0.4) is 0 Å². The van der Waals surface area contributed by atoms with Gasteiger partial charge in [-0.3, -0.25) is 4.79 Å². The first-order valence-electron chi connectivity index (χ1n) is 8.33. The lowest BCUT2D eigenvalue weighted by Gasteiger charge is -2.11. The number of nitrogens with one attached hydrogen (secondary N) is 1. The van der Waals surface area contributed by atoms with Gasteiger partial charge in [0.25, 0.3) is 0 Å². The molecular formula is C16H34N2O2. The van der Waals surface area contributed by atoms with Crippen molar-refractivity contribution in [1.29, 1.82) is 0 Å². The molecule has 1 amide bonds. The zero-order valence-electron chi connectivity index (χ0n) is 13.2. The molecule has 0 fully saturated rings. The fourth-order valence-corrected chi connectivity index (χ4v) is 2.20. The average molecular weight is 286 g/mol. The Hall–Kier alpha value is -0.610. The summed E-state index contributed by atoms with van der Waals surface area (Å²) in [4.78, 5) is 11.5. The number of rotatable bonds is 14. The summed E-state index contributed by atoms with van der Waals surface area (Å²) in [5, 5.41) is 11.5. The van der Waals surface area contributed by atoms with Gasteiger partial charge in [-0.25, -0.2) is 0 Å². The van der Waals surface area contributed by atoms with Gasteiger partial charge in [-0.2, -0.15) is 0 Å². The Morgan fingerprint density at radius 3 is 2.15 bits per heavy atom. The smallest absolute Gasteiger partial charge is 0.220 e. The van der Waals surface area contributed by atoms with Crippen LogP contribution in [0.5, 0.6) is 0 Å². The lowest BCUT2D eigenvalue weighted by atomic mass is 10.1. The molecule has 0 aliphatic rings. The lowest BCUT2D eigenvalue weighted by molar-refractivity contribution is -0.121. The maximum atomic E-state index is 11.5. The van der Waals surface area contributed by atoms with Gasteiger partial charge in [0.05, 0.1) is 0 Å². The predicted octanol–water partition coefficient (Wildman–Crippen LogP) is 2.73. The Balaban J connectivity index is 3.23. The van der Waals surface area contributed by atoms with E-state index < -0.39 is 0 Å². The second kappa shape index (κ2) is 14.8. The summed E-state index contributed by atoms with van der Waals surface area (Å²) < 4.78 is 0. The highest BCUT2D eigenvalue weighted by molar-refractivity contribution is 5.75. The molecule has 0 bridgehead atoms. The van der Waals surface area contributed by atoms with E-state index in [2.05, 4.69) is 12.2 Å². The first-order chi connectivity index (χ1) is 9.70. The van der Waals surface area contributed by atoms with E-state index in [4.69, 9.17) is 10.8 Å². The number of carbonyl (C=O) groups is 1. The zero-order valence-corrected chi connectivity index (χ0v) is 13.2. The van der Waals surface area contributed by atoms with Crippen LogP contribution in [0.25, 0.3) is 0 Å². The van der Waals surface area contributed by atoms with E-state index in [0.29, 0.717) is 19.4 Å². The molecule has 120 valence electrons. The first kappa shape index (κ1) is 19.4. The quantitative estimate of drug-likeness (QED) is 0.430. The van der Waals surface area contributed by atoms with E-state index >= 15 is 0 Å². The van der Waals surface area contributed by atoms with Gasteiger partial charge in [0.1, 0.15) is 0 Å². The number of aliphatic hydroxyl groups is 1. The Labute approximate surface area is 124 Å². The van der Waals surface area contributed by atoms with Crippen molar-refractivity contribution in [2.24, 2.45) is 5.73 Å². The largest absolute Gasteiger partial charge is 0.396 e. The van der Waals surface area contributed by atoms with Crippen molar-refractivity contribution in [2.45, 2.75) is 83.6 Å². The summed E-state index contributed by atoms with van der Waals surface area (Å²) in [6.45, 7) is 2.79. The summed E-state index contributed by atoms with van der Waals surface area (Å²) in [6, 6.07) is -0.132. The normalized spacial score (nSPS) is 12.3. The van der Waals surface area contributed by atoms with E-state index in [-0.39, 0.29) is 18.6 Å². The van der Waals surface area contributed by atoms with Crippen molar-refractivity contribution in [2.75, 3.05) is 13.2 Å². The van der Waals surface area contributed by atoms with Crippen molar-refractivity contribution in [3.8, 4) is 0 Å². The Bertz CT molecular complexity index is 223. The number of amides is 1. The molecule has 20 heavy (non-hydrogen) atoms. The van der Waals surface area contributed by atoms with Crippen molar-refractivity contribution in [3.05, 3.63) is 0 Å². The van der Waals surface area contributed by atoms with Gasteiger partial charge in [-0.1, -0.05) is 58.3 Å². The van der Waals surface area contributed by atoms with Crippen LogP contribution in [-0.4, -0.2) is 30.2 Å². The van der Waals surface area contributed by atoms with Crippen LogP contribution in [0.2, 0.25) is 0 Å². The molecule has 4 nitrogen and oxygen atoms in total. The number of aliphatic hydroxyl groups excluding tert-OH is 1. The summed E-state index contributed by atoms with van der Waals surface area (Å²) in [7, 11) is 0. The van der Waals surface area contributed by atoms with Crippen molar-refractivity contribution >= 4 is 5.91 Å². The molecule has 0 rings (SSSR count). The minimum Gasteiger partial charge on any atom is -0.396 e. The van der Waals surface area contributed by atoms with E-state index in [0.717, 1.165) is 12.8 Å². The number of hydrogen-bond acceptors (Lipinski definition) is 3. The zero-order chi connectivity index (χ0) is 15.1. The SMILES string of the molecule is CCCCCCCCCCCC(=O)NCC(N)CCO. The highest BCUT2D eigenvalue weighted by Crippen LogP contribution is 2.10. The summed E-state index contributed by atoms with van der Waals surface area (Å²) in [5.74, 6) is 0.0846. The van der Waals surface area contributed by atoms with Gasteiger partial charge < -0.3 is 16.2 Å². The van der Waals surface area contributed by atoms with Crippen LogP contribution in [0.4, 0.5) is 0 Å². The van der Waals surface area contributed by atoms with Crippen LogP contribution < -0.4 is 11.1 Å². The highest BCUT2D eigenvalue weighted by atomic mass is 16.3. The van der Waals surface area contributed by atoms with Crippen LogP contribution in [0.15, 0.2) is 0 Å². The number of unbranched alkanes of at least 4 members (excludes halogenated alkanes) is 8.